The molecule has 0 aliphatic carbocycles. The molecule has 2 nitrogen and oxygen atoms in total. The normalized spacial score (nSPS) is 8.74. The van der Waals surface area contributed by atoms with Crippen LogP contribution < -0.4 is 4.74 Å². The van der Waals surface area contributed by atoms with Gasteiger partial charge in [0.1, 0.15) is 17.4 Å². The van der Waals surface area contributed by atoms with E-state index >= 15 is 0 Å². The zero-order valence-electron chi connectivity index (χ0n) is 12.2. The molecule has 0 amide bonds. The number of hydrogen-bond acceptors (Lipinski definition) is 3. The number of rotatable bonds is 3. The molecule has 4 heteroatoms. The Bertz CT molecular complexity index is 457. The van der Waals surface area contributed by atoms with Crippen molar-refractivity contribution in [3.05, 3.63) is 45.4 Å². The molecule has 0 fully saturated rings. The summed E-state index contributed by atoms with van der Waals surface area (Å²) in [4.78, 5) is 5.40. The standard InChI is InChI=1S/C11H10ClNOS.2C2H6/c1-8-6-13-11(15-8)7-14-10-5-3-2-4-9(10)12;2*1-2/h2-6H,7H2,1H3;2*1-2H3. The summed E-state index contributed by atoms with van der Waals surface area (Å²) in [6, 6.07) is 7.43. The Morgan fingerprint density at radius 1 is 1.16 bits per heavy atom. The average molecular weight is 300 g/mol. The van der Waals surface area contributed by atoms with E-state index in [4.69, 9.17) is 16.3 Å². The van der Waals surface area contributed by atoms with Crippen molar-refractivity contribution in [1.82, 2.24) is 4.98 Å². The number of aryl methyl sites for hydroxylation is 1. The predicted molar refractivity (Wildman–Crippen MR) is 85.3 cm³/mol. The maximum absolute atomic E-state index is 5.95. The van der Waals surface area contributed by atoms with Crippen molar-refractivity contribution in [3.8, 4) is 5.75 Å². The molecule has 2 aromatic rings. The summed E-state index contributed by atoms with van der Waals surface area (Å²) in [6.07, 6.45) is 1.84. The summed E-state index contributed by atoms with van der Waals surface area (Å²) < 4.78 is 5.55. The van der Waals surface area contributed by atoms with Crippen molar-refractivity contribution < 1.29 is 4.74 Å². The minimum Gasteiger partial charge on any atom is -0.485 e. The van der Waals surface area contributed by atoms with Crippen molar-refractivity contribution in [3.63, 3.8) is 0 Å². The summed E-state index contributed by atoms with van der Waals surface area (Å²) in [5.74, 6) is 0.701. The molecule has 0 radical (unpaired) electrons. The quantitative estimate of drug-likeness (QED) is 0.721. The summed E-state index contributed by atoms with van der Waals surface area (Å²) in [7, 11) is 0. The Balaban J connectivity index is 0.000000741. The maximum atomic E-state index is 5.95. The first-order valence-corrected chi connectivity index (χ1v) is 7.74. The van der Waals surface area contributed by atoms with Gasteiger partial charge in [0.25, 0.3) is 0 Å². The number of aromatic nitrogens is 1. The second-order valence-electron chi connectivity index (χ2n) is 3.08. The van der Waals surface area contributed by atoms with Gasteiger partial charge in [-0.1, -0.05) is 51.4 Å². The van der Waals surface area contributed by atoms with Gasteiger partial charge in [-0.05, 0) is 19.1 Å². The highest BCUT2D eigenvalue weighted by atomic mass is 35.5. The minimum atomic E-state index is 0.474. The molecule has 0 aliphatic heterocycles. The van der Waals surface area contributed by atoms with E-state index < -0.39 is 0 Å². The number of ether oxygens (including phenoxy) is 1. The number of benzene rings is 1. The molecule has 0 atom stereocenters. The van der Waals surface area contributed by atoms with Gasteiger partial charge in [0, 0.05) is 11.1 Å². The molecule has 1 aromatic heterocycles. The average Bonchev–Trinajstić information content (AvgIpc) is 2.88. The Morgan fingerprint density at radius 2 is 1.79 bits per heavy atom. The van der Waals surface area contributed by atoms with Gasteiger partial charge in [0.05, 0.1) is 5.02 Å². The van der Waals surface area contributed by atoms with E-state index in [1.807, 2.05) is 65.1 Å². The first kappa shape index (κ1) is 17.9. The van der Waals surface area contributed by atoms with Gasteiger partial charge >= 0.3 is 0 Å². The van der Waals surface area contributed by atoms with Crippen LogP contribution >= 0.6 is 22.9 Å². The first-order chi connectivity index (χ1) is 9.25. The van der Waals surface area contributed by atoms with Crippen LogP contribution in [0.4, 0.5) is 0 Å². The van der Waals surface area contributed by atoms with E-state index in [-0.39, 0.29) is 0 Å². The monoisotopic (exact) mass is 299 g/mol. The number of hydrogen-bond donors (Lipinski definition) is 0. The van der Waals surface area contributed by atoms with E-state index in [2.05, 4.69) is 4.98 Å². The molecule has 106 valence electrons. The predicted octanol–water partition coefficient (Wildman–Crippen LogP) is 5.74. The SMILES string of the molecule is CC.CC.Cc1cnc(COc2ccccc2Cl)s1. The first-order valence-electron chi connectivity index (χ1n) is 6.54. The molecule has 19 heavy (non-hydrogen) atoms. The molecule has 1 aromatic carbocycles. The molecular weight excluding hydrogens is 278 g/mol. The lowest BCUT2D eigenvalue weighted by atomic mass is 10.3. The summed E-state index contributed by atoms with van der Waals surface area (Å²) >= 11 is 7.59. The number of halogens is 1. The third-order valence-corrected chi connectivity index (χ3v) is 3.06. The lowest BCUT2D eigenvalue weighted by molar-refractivity contribution is 0.306. The van der Waals surface area contributed by atoms with E-state index in [0.717, 1.165) is 5.01 Å². The van der Waals surface area contributed by atoms with Gasteiger partial charge in [-0.15, -0.1) is 11.3 Å². The van der Waals surface area contributed by atoms with Gasteiger partial charge in [-0.3, -0.25) is 0 Å². The lowest BCUT2D eigenvalue weighted by Gasteiger charge is -2.04. The minimum absolute atomic E-state index is 0.474. The van der Waals surface area contributed by atoms with Crippen molar-refractivity contribution in [2.75, 3.05) is 0 Å². The largest absolute Gasteiger partial charge is 0.485 e. The molecule has 0 N–H and O–H groups in total. The van der Waals surface area contributed by atoms with Crippen LogP contribution in [0.2, 0.25) is 5.02 Å². The Hall–Kier alpha value is -1.06. The summed E-state index contributed by atoms with van der Waals surface area (Å²) in [6.45, 7) is 10.5. The molecule has 0 aliphatic rings. The molecule has 0 spiro atoms. The van der Waals surface area contributed by atoms with Crippen molar-refractivity contribution in [2.45, 2.75) is 41.2 Å². The second kappa shape index (κ2) is 10.8. The van der Waals surface area contributed by atoms with E-state index in [0.29, 0.717) is 17.4 Å². The lowest BCUT2D eigenvalue weighted by Crippen LogP contribution is -1.94. The zero-order valence-corrected chi connectivity index (χ0v) is 13.8. The summed E-state index contributed by atoms with van der Waals surface area (Å²) in [5, 5.41) is 1.60. The zero-order chi connectivity index (χ0) is 14.7. The highest BCUT2D eigenvalue weighted by molar-refractivity contribution is 7.11. The third-order valence-electron chi connectivity index (χ3n) is 1.86. The fourth-order valence-electron chi connectivity index (χ4n) is 1.17. The van der Waals surface area contributed by atoms with Gasteiger partial charge in [-0.2, -0.15) is 0 Å². The molecule has 0 unspecified atom stereocenters. The third kappa shape index (κ3) is 6.60. The number of nitrogens with zero attached hydrogens (tertiary/aromatic N) is 1. The fourth-order valence-corrected chi connectivity index (χ4v) is 2.06. The van der Waals surface area contributed by atoms with Crippen LogP contribution in [-0.2, 0) is 6.61 Å². The Labute approximate surface area is 125 Å². The fraction of sp³-hybridized carbons (Fsp3) is 0.400. The van der Waals surface area contributed by atoms with E-state index in [1.165, 1.54) is 4.88 Å². The molecule has 2 rings (SSSR count). The molecule has 0 saturated heterocycles. The highest BCUT2D eigenvalue weighted by Crippen LogP contribution is 2.24. The van der Waals surface area contributed by atoms with Gasteiger partial charge in [-0.25, -0.2) is 4.98 Å². The van der Waals surface area contributed by atoms with Crippen molar-refractivity contribution in [2.24, 2.45) is 0 Å². The topological polar surface area (TPSA) is 22.1 Å². The van der Waals surface area contributed by atoms with Crippen LogP contribution in [0.3, 0.4) is 0 Å². The smallest absolute Gasteiger partial charge is 0.140 e. The second-order valence-corrected chi connectivity index (χ2v) is 4.81. The number of thiazole rings is 1. The van der Waals surface area contributed by atoms with Gasteiger partial charge < -0.3 is 4.74 Å². The van der Waals surface area contributed by atoms with E-state index in [1.54, 1.807) is 11.3 Å². The van der Waals surface area contributed by atoms with Crippen LogP contribution in [0.1, 0.15) is 37.6 Å². The molecular formula is C15H22ClNOS. The van der Waals surface area contributed by atoms with E-state index in [9.17, 15) is 0 Å². The van der Waals surface area contributed by atoms with Crippen LogP contribution in [0, 0.1) is 6.92 Å². The molecule has 1 heterocycles. The highest BCUT2D eigenvalue weighted by Gasteiger charge is 2.02. The molecule has 0 saturated carbocycles. The Kier molecular flexibility index (Phi) is 10.2. The van der Waals surface area contributed by atoms with Crippen molar-refractivity contribution >= 4 is 22.9 Å². The van der Waals surface area contributed by atoms with Crippen molar-refractivity contribution in [1.29, 1.82) is 0 Å². The van der Waals surface area contributed by atoms with Crippen LogP contribution in [0.15, 0.2) is 30.5 Å². The van der Waals surface area contributed by atoms with Crippen LogP contribution in [-0.4, -0.2) is 4.98 Å². The maximum Gasteiger partial charge on any atom is 0.140 e. The van der Waals surface area contributed by atoms with Crippen LogP contribution in [0.25, 0.3) is 0 Å². The summed E-state index contributed by atoms with van der Waals surface area (Å²) in [5.41, 5.74) is 0. The number of para-hydroxylation sites is 1. The van der Waals surface area contributed by atoms with Gasteiger partial charge in [0.2, 0.25) is 0 Å². The molecule has 0 bridgehead atoms. The Morgan fingerprint density at radius 3 is 2.32 bits per heavy atom. The van der Waals surface area contributed by atoms with Crippen LogP contribution in [0.5, 0.6) is 5.75 Å². The van der Waals surface area contributed by atoms with Gasteiger partial charge in [0.15, 0.2) is 0 Å².